The average molecular weight is 448 g/mol. The smallest absolute Gasteiger partial charge is 0.324 e. The summed E-state index contributed by atoms with van der Waals surface area (Å²) in [5.41, 5.74) is 3.34. The van der Waals surface area contributed by atoms with Gasteiger partial charge in [0.25, 0.3) is 5.91 Å². The Morgan fingerprint density at radius 3 is 2.67 bits per heavy atom. The van der Waals surface area contributed by atoms with Crippen LogP contribution in [0.3, 0.4) is 0 Å². The lowest BCUT2D eigenvalue weighted by Gasteiger charge is -2.36. The highest BCUT2D eigenvalue weighted by Gasteiger charge is 2.29. The van der Waals surface area contributed by atoms with Gasteiger partial charge in [-0.1, -0.05) is 24.3 Å². The van der Waals surface area contributed by atoms with Crippen LogP contribution in [-0.2, 0) is 6.54 Å². The van der Waals surface area contributed by atoms with Crippen LogP contribution in [0.25, 0.3) is 0 Å². The van der Waals surface area contributed by atoms with Crippen molar-refractivity contribution in [2.45, 2.75) is 19.9 Å². The van der Waals surface area contributed by atoms with E-state index in [0.717, 1.165) is 17.5 Å². The molecule has 1 aliphatic heterocycles. The summed E-state index contributed by atoms with van der Waals surface area (Å²) in [6.45, 7) is 3.37. The van der Waals surface area contributed by atoms with Crippen molar-refractivity contribution >= 4 is 23.3 Å². The molecule has 6 nitrogen and oxygen atoms in total. The second-order valence-corrected chi connectivity index (χ2v) is 8.05. The van der Waals surface area contributed by atoms with Crippen molar-refractivity contribution in [3.8, 4) is 5.75 Å². The number of urea groups is 1. The van der Waals surface area contributed by atoms with Gasteiger partial charge < -0.3 is 15.0 Å². The number of hydrogen-bond acceptors (Lipinski definition) is 3. The van der Waals surface area contributed by atoms with E-state index in [2.05, 4.69) is 5.32 Å². The van der Waals surface area contributed by atoms with Gasteiger partial charge in [0.15, 0.2) is 0 Å². The van der Waals surface area contributed by atoms with Crippen molar-refractivity contribution in [2.24, 2.45) is 0 Å². The minimum Gasteiger partial charge on any atom is -0.497 e. The summed E-state index contributed by atoms with van der Waals surface area (Å²) in [4.78, 5) is 29.6. The van der Waals surface area contributed by atoms with Crippen LogP contribution in [0.2, 0.25) is 0 Å². The predicted octanol–water partition coefficient (Wildman–Crippen LogP) is 5.23. The number of nitrogens with one attached hydrogen (secondary N) is 1. The van der Waals surface area contributed by atoms with Gasteiger partial charge in [0.05, 0.1) is 18.5 Å². The minimum atomic E-state index is -0.324. The van der Waals surface area contributed by atoms with Crippen LogP contribution in [0, 0.1) is 12.7 Å². The van der Waals surface area contributed by atoms with Gasteiger partial charge >= 0.3 is 6.03 Å². The molecule has 1 heterocycles. The van der Waals surface area contributed by atoms with Crippen LogP contribution in [-0.4, -0.2) is 37.0 Å². The number of nitrogens with zero attached hydrogens (tertiary/aromatic N) is 2. The van der Waals surface area contributed by atoms with Crippen LogP contribution >= 0.6 is 0 Å². The van der Waals surface area contributed by atoms with E-state index in [0.29, 0.717) is 42.3 Å². The maximum Gasteiger partial charge on any atom is 0.324 e. The number of aryl methyl sites for hydroxylation is 1. The van der Waals surface area contributed by atoms with Gasteiger partial charge in [0.1, 0.15) is 11.6 Å². The number of carbonyl (C=O) groups excluding carboxylic acids is 2. The molecule has 0 radical (unpaired) electrons. The summed E-state index contributed by atoms with van der Waals surface area (Å²) in [6.07, 6.45) is 0.762. The first kappa shape index (κ1) is 22.3. The third-order valence-electron chi connectivity index (χ3n) is 5.60. The largest absolute Gasteiger partial charge is 0.497 e. The molecule has 3 aromatic rings. The lowest BCUT2D eigenvalue weighted by atomic mass is 10.1. The number of rotatable bonds is 6. The number of anilines is 2. The van der Waals surface area contributed by atoms with Gasteiger partial charge in [-0.05, 0) is 66.9 Å². The Morgan fingerprint density at radius 2 is 1.88 bits per heavy atom. The van der Waals surface area contributed by atoms with Crippen LogP contribution in [0.15, 0.2) is 66.7 Å². The van der Waals surface area contributed by atoms with E-state index in [1.165, 1.54) is 12.1 Å². The zero-order valence-electron chi connectivity index (χ0n) is 18.7. The summed E-state index contributed by atoms with van der Waals surface area (Å²) in [5.74, 6) is -0.0250. The molecular weight excluding hydrogens is 421 g/mol. The first-order valence-electron chi connectivity index (χ1n) is 10.8. The van der Waals surface area contributed by atoms with Crippen LogP contribution in [0.4, 0.5) is 20.6 Å². The van der Waals surface area contributed by atoms with E-state index >= 15 is 0 Å². The molecule has 1 saturated heterocycles. The summed E-state index contributed by atoms with van der Waals surface area (Å²) in [6, 6.07) is 18.6. The SMILES string of the molecule is COc1cccc(C(=O)Nc2cc(C)ccc2N2CCCN(Cc3cccc(F)c3)C2=O)c1. The molecule has 3 aromatic carbocycles. The molecule has 1 N–H and O–H groups in total. The highest BCUT2D eigenvalue weighted by atomic mass is 19.1. The summed E-state index contributed by atoms with van der Waals surface area (Å²) < 4.78 is 18.8. The van der Waals surface area contributed by atoms with Crippen molar-refractivity contribution in [2.75, 3.05) is 30.4 Å². The monoisotopic (exact) mass is 447 g/mol. The van der Waals surface area contributed by atoms with E-state index < -0.39 is 0 Å². The zero-order valence-corrected chi connectivity index (χ0v) is 18.7. The van der Waals surface area contributed by atoms with Crippen molar-refractivity contribution in [1.29, 1.82) is 0 Å². The molecule has 0 saturated carbocycles. The van der Waals surface area contributed by atoms with Crippen LogP contribution < -0.4 is 15.0 Å². The van der Waals surface area contributed by atoms with Crippen molar-refractivity contribution in [3.05, 3.63) is 89.2 Å². The zero-order chi connectivity index (χ0) is 23.4. The second kappa shape index (κ2) is 9.73. The quantitative estimate of drug-likeness (QED) is 0.563. The molecule has 170 valence electrons. The van der Waals surface area contributed by atoms with Crippen LogP contribution in [0.1, 0.15) is 27.9 Å². The molecule has 1 aliphatic rings. The van der Waals surface area contributed by atoms with Gasteiger partial charge in [-0.25, -0.2) is 9.18 Å². The fourth-order valence-corrected chi connectivity index (χ4v) is 3.95. The number of benzene rings is 3. The Kier molecular flexibility index (Phi) is 6.58. The Morgan fingerprint density at radius 1 is 1.06 bits per heavy atom. The van der Waals surface area contributed by atoms with Crippen molar-refractivity contribution in [3.63, 3.8) is 0 Å². The summed E-state index contributed by atoms with van der Waals surface area (Å²) in [5, 5.41) is 2.95. The first-order valence-corrected chi connectivity index (χ1v) is 10.8. The molecule has 4 rings (SSSR count). The topological polar surface area (TPSA) is 61.9 Å². The van der Waals surface area contributed by atoms with Gasteiger partial charge in [-0.15, -0.1) is 0 Å². The minimum absolute atomic E-state index is 0.175. The third kappa shape index (κ3) is 5.14. The fourth-order valence-electron chi connectivity index (χ4n) is 3.95. The van der Waals surface area contributed by atoms with E-state index in [-0.39, 0.29) is 17.8 Å². The highest BCUT2D eigenvalue weighted by Crippen LogP contribution is 2.31. The predicted molar refractivity (Wildman–Crippen MR) is 126 cm³/mol. The highest BCUT2D eigenvalue weighted by molar-refractivity contribution is 6.08. The number of methoxy groups -OCH3 is 1. The second-order valence-electron chi connectivity index (χ2n) is 8.05. The summed E-state index contributed by atoms with van der Waals surface area (Å²) in [7, 11) is 1.55. The number of carbonyl (C=O) groups is 2. The first-order chi connectivity index (χ1) is 15.9. The molecular formula is C26H26FN3O3. The van der Waals surface area contributed by atoms with E-state index in [9.17, 15) is 14.0 Å². The van der Waals surface area contributed by atoms with Gasteiger partial charge in [0, 0.05) is 25.2 Å². The Bertz CT molecular complexity index is 1180. The molecule has 0 bridgehead atoms. The fraction of sp³-hybridized carbons (Fsp3) is 0.231. The molecule has 3 amide bonds. The Labute approximate surface area is 192 Å². The van der Waals surface area contributed by atoms with E-state index in [1.807, 2.05) is 25.1 Å². The molecule has 7 heteroatoms. The number of hydrogen-bond donors (Lipinski definition) is 1. The Balaban J connectivity index is 1.58. The normalized spacial score (nSPS) is 13.7. The van der Waals surface area contributed by atoms with E-state index in [1.54, 1.807) is 53.3 Å². The molecule has 0 atom stereocenters. The van der Waals surface area contributed by atoms with Gasteiger partial charge in [-0.3, -0.25) is 9.69 Å². The maximum atomic E-state index is 13.6. The average Bonchev–Trinajstić information content (AvgIpc) is 2.81. The third-order valence-corrected chi connectivity index (χ3v) is 5.60. The molecule has 0 unspecified atom stereocenters. The lowest BCUT2D eigenvalue weighted by Crippen LogP contribution is -2.49. The molecule has 1 fully saturated rings. The maximum absolute atomic E-state index is 13.6. The number of amides is 3. The van der Waals surface area contributed by atoms with Crippen LogP contribution in [0.5, 0.6) is 5.75 Å². The summed E-state index contributed by atoms with van der Waals surface area (Å²) >= 11 is 0. The van der Waals surface area contributed by atoms with E-state index in [4.69, 9.17) is 4.74 Å². The molecule has 0 aromatic heterocycles. The molecule has 0 aliphatic carbocycles. The number of halogens is 1. The lowest BCUT2D eigenvalue weighted by molar-refractivity contribution is 0.102. The van der Waals surface area contributed by atoms with Gasteiger partial charge in [-0.2, -0.15) is 0 Å². The van der Waals surface area contributed by atoms with Gasteiger partial charge in [0.2, 0.25) is 0 Å². The molecule has 33 heavy (non-hydrogen) atoms. The number of ether oxygens (including phenoxy) is 1. The van der Waals surface area contributed by atoms with Crippen molar-refractivity contribution in [1.82, 2.24) is 4.90 Å². The Hall–Kier alpha value is -3.87. The standard InChI is InChI=1S/C26H26FN3O3/c1-18-10-11-24(23(14-18)28-25(31)20-7-4-9-22(16-20)33-2)30-13-5-12-29(26(30)32)17-19-6-3-8-21(27)15-19/h3-4,6-11,14-16H,5,12-13,17H2,1-2H3,(H,28,31). The molecule has 0 spiro atoms. The van der Waals surface area contributed by atoms with Crippen molar-refractivity contribution < 1.29 is 18.7 Å².